The van der Waals surface area contributed by atoms with Gasteiger partial charge in [-0.15, -0.1) is 0 Å². The number of carbonyl (C=O) groups excluding carboxylic acids is 1. The first-order valence-corrected chi connectivity index (χ1v) is 6.19. The molecule has 0 spiro atoms. The maximum absolute atomic E-state index is 13.7. The summed E-state index contributed by atoms with van der Waals surface area (Å²) in [5.41, 5.74) is -0.0936. The van der Waals surface area contributed by atoms with Crippen molar-refractivity contribution in [2.75, 3.05) is 0 Å². The second-order valence-electron chi connectivity index (χ2n) is 3.94. The second-order valence-corrected chi connectivity index (χ2v) is 4.80. The van der Waals surface area contributed by atoms with E-state index >= 15 is 0 Å². The summed E-state index contributed by atoms with van der Waals surface area (Å²) in [7, 11) is 0. The Hall–Kier alpha value is -1.62. The smallest absolute Gasteiger partial charge is 0.173 e. The number of halogens is 4. The zero-order valence-electron chi connectivity index (χ0n) is 9.59. The fourth-order valence-corrected chi connectivity index (χ4v) is 1.99. The molecule has 5 heteroatoms. The molecular weight excluding hydrogens is 321 g/mol. The largest absolute Gasteiger partial charge is 0.294 e. The van der Waals surface area contributed by atoms with Crippen LogP contribution in [-0.4, -0.2) is 5.78 Å². The summed E-state index contributed by atoms with van der Waals surface area (Å²) >= 11 is 2.90. The predicted octanol–water partition coefficient (Wildman–Crippen LogP) is 4.29. The average molecular weight is 329 g/mol. The molecule has 0 N–H and O–H groups in total. The molecule has 0 atom stereocenters. The van der Waals surface area contributed by atoms with Gasteiger partial charge in [-0.3, -0.25) is 4.79 Å². The molecule has 98 valence electrons. The van der Waals surface area contributed by atoms with Gasteiger partial charge in [0, 0.05) is 6.42 Å². The molecule has 0 radical (unpaired) electrons. The van der Waals surface area contributed by atoms with Crippen LogP contribution in [-0.2, 0) is 6.42 Å². The Bertz CT molecular complexity index is 623. The number of rotatable bonds is 3. The van der Waals surface area contributed by atoms with E-state index in [2.05, 4.69) is 15.9 Å². The molecule has 2 rings (SSSR count). The Morgan fingerprint density at radius 1 is 1.00 bits per heavy atom. The van der Waals surface area contributed by atoms with E-state index in [9.17, 15) is 18.0 Å². The van der Waals surface area contributed by atoms with Gasteiger partial charge in [-0.25, -0.2) is 13.2 Å². The van der Waals surface area contributed by atoms with Crippen molar-refractivity contribution in [3.63, 3.8) is 0 Å². The first-order chi connectivity index (χ1) is 8.99. The molecule has 0 saturated heterocycles. The number of hydrogen-bond acceptors (Lipinski definition) is 1. The van der Waals surface area contributed by atoms with Crippen molar-refractivity contribution >= 4 is 21.7 Å². The minimum Gasteiger partial charge on any atom is -0.294 e. The molecule has 2 aromatic carbocycles. The third-order valence-electron chi connectivity index (χ3n) is 2.60. The van der Waals surface area contributed by atoms with E-state index in [1.165, 1.54) is 30.3 Å². The normalized spacial score (nSPS) is 10.5. The highest BCUT2D eigenvalue weighted by Crippen LogP contribution is 2.23. The van der Waals surface area contributed by atoms with E-state index in [1.807, 2.05) is 0 Å². The molecular formula is C14H8BrF3O. The van der Waals surface area contributed by atoms with E-state index < -0.39 is 28.8 Å². The van der Waals surface area contributed by atoms with E-state index in [0.717, 1.165) is 6.07 Å². The van der Waals surface area contributed by atoms with E-state index in [0.29, 0.717) is 5.56 Å². The van der Waals surface area contributed by atoms with Gasteiger partial charge in [0.25, 0.3) is 0 Å². The maximum atomic E-state index is 13.7. The van der Waals surface area contributed by atoms with Crippen molar-refractivity contribution in [1.82, 2.24) is 0 Å². The van der Waals surface area contributed by atoms with Gasteiger partial charge in [-0.1, -0.05) is 12.1 Å². The van der Waals surface area contributed by atoms with E-state index in [-0.39, 0.29) is 10.9 Å². The van der Waals surface area contributed by atoms with Crippen LogP contribution in [0.2, 0.25) is 0 Å². The van der Waals surface area contributed by atoms with Crippen LogP contribution in [0.4, 0.5) is 13.2 Å². The zero-order valence-corrected chi connectivity index (χ0v) is 11.2. The molecule has 2 aromatic rings. The van der Waals surface area contributed by atoms with Crippen LogP contribution in [0.1, 0.15) is 15.9 Å². The Balaban J connectivity index is 2.30. The van der Waals surface area contributed by atoms with Gasteiger partial charge in [0.05, 0.1) is 10.0 Å². The van der Waals surface area contributed by atoms with Crippen LogP contribution in [0.5, 0.6) is 0 Å². The Morgan fingerprint density at radius 3 is 2.26 bits per heavy atom. The van der Waals surface area contributed by atoms with Crippen LogP contribution in [0, 0.1) is 17.5 Å². The number of hydrogen-bond donors (Lipinski definition) is 0. The topological polar surface area (TPSA) is 17.1 Å². The summed E-state index contributed by atoms with van der Waals surface area (Å²) in [5, 5.41) is 0. The van der Waals surface area contributed by atoms with Crippen LogP contribution in [0.3, 0.4) is 0 Å². The highest BCUT2D eigenvalue weighted by Gasteiger charge is 2.19. The quantitative estimate of drug-likeness (QED) is 0.606. The van der Waals surface area contributed by atoms with Gasteiger partial charge in [-0.05, 0) is 45.8 Å². The number of carbonyl (C=O) groups is 1. The lowest BCUT2D eigenvalue weighted by Crippen LogP contribution is -2.09. The summed E-state index contributed by atoms with van der Waals surface area (Å²) in [6.07, 6.45) is -0.190. The molecule has 0 aliphatic carbocycles. The predicted molar refractivity (Wildman–Crippen MR) is 68.5 cm³/mol. The monoisotopic (exact) mass is 328 g/mol. The molecule has 0 unspecified atom stereocenters. The van der Waals surface area contributed by atoms with Gasteiger partial charge in [0.1, 0.15) is 11.6 Å². The average Bonchev–Trinajstić information content (AvgIpc) is 2.37. The molecule has 19 heavy (non-hydrogen) atoms. The number of benzene rings is 2. The summed E-state index contributed by atoms with van der Waals surface area (Å²) in [5.74, 6) is -2.96. The van der Waals surface area contributed by atoms with Crippen LogP contribution >= 0.6 is 15.9 Å². The highest BCUT2D eigenvalue weighted by atomic mass is 79.9. The molecule has 1 nitrogen and oxygen atoms in total. The zero-order chi connectivity index (χ0) is 14.0. The van der Waals surface area contributed by atoms with Gasteiger partial charge in [-0.2, -0.15) is 0 Å². The van der Waals surface area contributed by atoms with Gasteiger partial charge in [0.15, 0.2) is 11.6 Å². The fourth-order valence-electron chi connectivity index (χ4n) is 1.66. The third kappa shape index (κ3) is 3.04. The molecule has 0 amide bonds. The van der Waals surface area contributed by atoms with Gasteiger partial charge >= 0.3 is 0 Å². The summed E-state index contributed by atoms with van der Waals surface area (Å²) in [6, 6.07) is 7.40. The van der Waals surface area contributed by atoms with Crippen molar-refractivity contribution < 1.29 is 18.0 Å². The van der Waals surface area contributed by atoms with Crippen molar-refractivity contribution in [3.05, 3.63) is 69.4 Å². The number of ketones is 1. The molecule has 0 saturated carbocycles. The third-order valence-corrected chi connectivity index (χ3v) is 3.21. The molecule has 0 fully saturated rings. The van der Waals surface area contributed by atoms with Crippen molar-refractivity contribution in [2.45, 2.75) is 6.42 Å². The fraction of sp³-hybridized carbons (Fsp3) is 0.0714. The molecule has 0 heterocycles. The van der Waals surface area contributed by atoms with Gasteiger partial charge < -0.3 is 0 Å². The number of Topliss-reactive ketones (excluding diaryl/α,β-unsaturated/α-hetero) is 1. The van der Waals surface area contributed by atoms with E-state index in [1.54, 1.807) is 0 Å². The molecule has 0 aromatic heterocycles. The van der Waals surface area contributed by atoms with Crippen molar-refractivity contribution in [3.8, 4) is 0 Å². The lowest BCUT2D eigenvalue weighted by molar-refractivity contribution is 0.0984. The summed E-state index contributed by atoms with van der Waals surface area (Å²) in [6.45, 7) is 0. The van der Waals surface area contributed by atoms with Crippen LogP contribution in [0.25, 0.3) is 0 Å². The van der Waals surface area contributed by atoms with Crippen LogP contribution in [0.15, 0.2) is 40.9 Å². The first-order valence-electron chi connectivity index (χ1n) is 5.40. The summed E-state index contributed by atoms with van der Waals surface area (Å²) < 4.78 is 40.0. The lowest BCUT2D eigenvalue weighted by Gasteiger charge is -2.06. The Kier molecular flexibility index (Phi) is 4.04. The van der Waals surface area contributed by atoms with Crippen LogP contribution < -0.4 is 0 Å². The molecule has 0 aliphatic heterocycles. The maximum Gasteiger partial charge on any atom is 0.173 e. The summed E-state index contributed by atoms with van der Waals surface area (Å²) in [4.78, 5) is 11.9. The van der Waals surface area contributed by atoms with Crippen molar-refractivity contribution in [2.24, 2.45) is 0 Å². The minimum atomic E-state index is -0.924. The Morgan fingerprint density at radius 2 is 1.63 bits per heavy atom. The molecule has 0 aliphatic rings. The minimum absolute atomic E-state index is 0.0244. The highest BCUT2D eigenvalue weighted by molar-refractivity contribution is 9.10. The standard InChI is InChI=1S/C14H8BrF3O/c15-10-5-6-11(17)13(14(10)18)12(19)7-8-1-3-9(16)4-2-8/h1-6H,7H2. The second kappa shape index (κ2) is 5.57. The Labute approximate surface area is 116 Å². The SMILES string of the molecule is O=C(Cc1ccc(F)cc1)c1c(F)ccc(Br)c1F. The van der Waals surface area contributed by atoms with E-state index in [4.69, 9.17) is 0 Å². The molecule has 0 bridgehead atoms. The first kappa shape index (κ1) is 13.8. The van der Waals surface area contributed by atoms with Gasteiger partial charge in [0.2, 0.25) is 0 Å². The van der Waals surface area contributed by atoms with Crippen molar-refractivity contribution in [1.29, 1.82) is 0 Å². The lowest BCUT2D eigenvalue weighted by atomic mass is 10.0.